The van der Waals surface area contributed by atoms with Crippen LogP contribution in [0.15, 0.2) is 12.3 Å². The Morgan fingerprint density at radius 2 is 2.30 bits per heavy atom. The number of amides is 1. The molecule has 1 amide bonds. The molecule has 3 rings (SSSR count). The SMILES string of the molecule is CC(O)CC1CCCN1C(=O)c1ccnc(C2CC2)n1. The summed E-state index contributed by atoms with van der Waals surface area (Å²) in [6, 6.07) is 1.84. The fourth-order valence-electron chi connectivity index (χ4n) is 2.92. The molecule has 0 bridgehead atoms. The van der Waals surface area contributed by atoms with Gasteiger partial charge in [-0.1, -0.05) is 0 Å². The molecule has 2 fully saturated rings. The third kappa shape index (κ3) is 2.82. The van der Waals surface area contributed by atoms with E-state index in [4.69, 9.17) is 0 Å². The molecule has 5 nitrogen and oxygen atoms in total. The molecule has 1 aliphatic carbocycles. The number of rotatable bonds is 4. The highest BCUT2D eigenvalue weighted by Crippen LogP contribution is 2.37. The predicted octanol–water partition coefficient (Wildman–Crippen LogP) is 1.73. The van der Waals surface area contributed by atoms with Crippen LogP contribution in [0.1, 0.15) is 61.3 Å². The summed E-state index contributed by atoms with van der Waals surface area (Å²) in [5.41, 5.74) is 0.499. The average Bonchev–Trinajstić information content (AvgIpc) is 3.19. The van der Waals surface area contributed by atoms with Crippen LogP contribution in [0.4, 0.5) is 0 Å². The molecule has 20 heavy (non-hydrogen) atoms. The quantitative estimate of drug-likeness (QED) is 0.908. The summed E-state index contributed by atoms with van der Waals surface area (Å²) in [4.78, 5) is 23.1. The summed E-state index contributed by atoms with van der Waals surface area (Å²) in [6.07, 6.45) is 6.19. The predicted molar refractivity (Wildman–Crippen MR) is 74.4 cm³/mol. The third-order valence-corrected chi connectivity index (χ3v) is 4.09. The van der Waals surface area contributed by atoms with Crippen molar-refractivity contribution in [3.63, 3.8) is 0 Å². The largest absolute Gasteiger partial charge is 0.393 e. The van der Waals surface area contributed by atoms with E-state index in [-0.39, 0.29) is 18.1 Å². The number of likely N-dealkylation sites (tertiary alicyclic amines) is 1. The zero-order valence-corrected chi connectivity index (χ0v) is 11.8. The molecule has 0 radical (unpaired) electrons. The minimum Gasteiger partial charge on any atom is -0.393 e. The van der Waals surface area contributed by atoms with Crippen molar-refractivity contribution in [2.24, 2.45) is 0 Å². The minimum atomic E-state index is -0.374. The van der Waals surface area contributed by atoms with Gasteiger partial charge in [-0.2, -0.15) is 0 Å². The highest BCUT2D eigenvalue weighted by atomic mass is 16.3. The summed E-state index contributed by atoms with van der Waals surface area (Å²) < 4.78 is 0. The smallest absolute Gasteiger partial charge is 0.272 e. The lowest BCUT2D eigenvalue weighted by atomic mass is 10.1. The Balaban J connectivity index is 1.75. The number of aliphatic hydroxyl groups is 1. The van der Waals surface area contributed by atoms with Gasteiger partial charge in [-0.15, -0.1) is 0 Å². The Bertz CT molecular complexity index is 500. The summed E-state index contributed by atoms with van der Waals surface area (Å²) in [5.74, 6) is 1.24. The third-order valence-electron chi connectivity index (χ3n) is 4.09. The standard InChI is InChI=1S/C15H21N3O2/c1-10(19)9-12-3-2-8-18(12)15(20)13-6-7-16-14(17-13)11-4-5-11/h6-7,10-12,19H,2-5,8-9H2,1H3. The minimum absolute atomic E-state index is 0.0162. The van der Waals surface area contributed by atoms with Crippen molar-refractivity contribution < 1.29 is 9.90 Å². The van der Waals surface area contributed by atoms with Crippen LogP contribution in [0.3, 0.4) is 0 Å². The van der Waals surface area contributed by atoms with Crippen molar-refractivity contribution in [1.29, 1.82) is 0 Å². The summed E-state index contributed by atoms with van der Waals surface area (Å²) in [7, 11) is 0. The van der Waals surface area contributed by atoms with Crippen molar-refractivity contribution in [2.45, 2.75) is 57.1 Å². The molecule has 1 N–H and O–H groups in total. The number of hydrogen-bond donors (Lipinski definition) is 1. The highest BCUT2D eigenvalue weighted by molar-refractivity contribution is 5.92. The lowest BCUT2D eigenvalue weighted by Crippen LogP contribution is -2.37. The molecule has 2 atom stereocenters. The van der Waals surface area contributed by atoms with E-state index in [2.05, 4.69) is 9.97 Å². The van der Waals surface area contributed by atoms with Gasteiger partial charge in [0.15, 0.2) is 0 Å². The fourth-order valence-corrected chi connectivity index (χ4v) is 2.92. The van der Waals surface area contributed by atoms with Gasteiger partial charge in [0, 0.05) is 24.7 Å². The van der Waals surface area contributed by atoms with E-state index in [9.17, 15) is 9.90 Å². The van der Waals surface area contributed by atoms with E-state index >= 15 is 0 Å². The van der Waals surface area contributed by atoms with Gasteiger partial charge < -0.3 is 10.0 Å². The van der Waals surface area contributed by atoms with Crippen molar-refractivity contribution in [3.05, 3.63) is 23.8 Å². The Hall–Kier alpha value is -1.49. The van der Waals surface area contributed by atoms with Gasteiger partial charge in [-0.25, -0.2) is 9.97 Å². The van der Waals surface area contributed by atoms with Crippen molar-refractivity contribution in [3.8, 4) is 0 Å². The normalized spacial score (nSPS) is 23.9. The molecule has 2 aliphatic rings. The molecule has 1 aromatic rings. The molecule has 0 spiro atoms. The van der Waals surface area contributed by atoms with E-state index in [1.807, 2.05) is 4.90 Å². The van der Waals surface area contributed by atoms with E-state index in [1.54, 1.807) is 19.2 Å². The first-order valence-electron chi connectivity index (χ1n) is 7.47. The average molecular weight is 275 g/mol. The van der Waals surface area contributed by atoms with Crippen LogP contribution in [-0.2, 0) is 0 Å². The lowest BCUT2D eigenvalue weighted by Gasteiger charge is -2.25. The number of nitrogens with zero attached hydrogens (tertiary/aromatic N) is 3. The van der Waals surface area contributed by atoms with E-state index in [1.165, 1.54) is 0 Å². The molecule has 1 aromatic heterocycles. The number of carbonyl (C=O) groups is 1. The first-order chi connectivity index (χ1) is 9.65. The number of aromatic nitrogens is 2. The Kier molecular flexibility index (Phi) is 3.70. The topological polar surface area (TPSA) is 66.3 Å². The molecule has 1 saturated heterocycles. The number of carbonyl (C=O) groups excluding carboxylic acids is 1. The van der Waals surface area contributed by atoms with E-state index in [0.29, 0.717) is 18.0 Å². The molecule has 1 saturated carbocycles. The summed E-state index contributed by atoms with van der Waals surface area (Å²) in [6.45, 7) is 2.54. The van der Waals surface area contributed by atoms with Crippen LogP contribution in [0.5, 0.6) is 0 Å². The summed E-state index contributed by atoms with van der Waals surface area (Å²) >= 11 is 0. The lowest BCUT2D eigenvalue weighted by molar-refractivity contribution is 0.0675. The Morgan fingerprint density at radius 3 is 3.00 bits per heavy atom. The molecule has 0 aromatic carbocycles. The van der Waals surface area contributed by atoms with Gasteiger partial charge >= 0.3 is 0 Å². The molecule has 2 heterocycles. The second-order valence-electron chi connectivity index (χ2n) is 5.95. The Morgan fingerprint density at radius 1 is 1.50 bits per heavy atom. The maximum Gasteiger partial charge on any atom is 0.272 e. The number of hydrogen-bond acceptors (Lipinski definition) is 4. The molecule has 108 valence electrons. The van der Waals surface area contributed by atoms with Gasteiger partial charge in [-0.05, 0) is 45.1 Å². The van der Waals surface area contributed by atoms with Crippen LogP contribution < -0.4 is 0 Å². The highest BCUT2D eigenvalue weighted by Gasteiger charge is 2.32. The first-order valence-corrected chi connectivity index (χ1v) is 7.47. The van der Waals surface area contributed by atoms with Gasteiger partial charge in [0.2, 0.25) is 0 Å². The zero-order valence-electron chi connectivity index (χ0n) is 11.8. The summed E-state index contributed by atoms with van der Waals surface area (Å²) in [5, 5.41) is 9.54. The van der Waals surface area contributed by atoms with Gasteiger partial charge in [0.25, 0.3) is 5.91 Å². The van der Waals surface area contributed by atoms with Crippen LogP contribution in [0.2, 0.25) is 0 Å². The second-order valence-corrected chi connectivity index (χ2v) is 5.95. The van der Waals surface area contributed by atoms with Gasteiger partial charge in [0.1, 0.15) is 11.5 Å². The van der Waals surface area contributed by atoms with Crippen LogP contribution in [0, 0.1) is 0 Å². The maximum absolute atomic E-state index is 12.6. The first kappa shape index (κ1) is 13.5. The zero-order chi connectivity index (χ0) is 14.1. The molecular formula is C15H21N3O2. The second kappa shape index (κ2) is 5.48. The Labute approximate surface area is 119 Å². The van der Waals surface area contributed by atoms with Crippen LogP contribution in [-0.4, -0.2) is 44.6 Å². The molecule has 2 unspecified atom stereocenters. The maximum atomic E-state index is 12.6. The van der Waals surface area contributed by atoms with Gasteiger partial charge in [-0.3, -0.25) is 4.79 Å². The van der Waals surface area contributed by atoms with Crippen molar-refractivity contribution in [2.75, 3.05) is 6.54 Å². The van der Waals surface area contributed by atoms with E-state index < -0.39 is 0 Å². The van der Waals surface area contributed by atoms with E-state index in [0.717, 1.165) is 38.1 Å². The monoisotopic (exact) mass is 275 g/mol. The van der Waals surface area contributed by atoms with Crippen LogP contribution in [0.25, 0.3) is 0 Å². The van der Waals surface area contributed by atoms with Crippen molar-refractivity contribution >= 4 is 5.91 Å². The van der Waals surface area contributed by atoms with Gasteiger partial charge in [0.05, 0.1) is 6.10 Å². The molecular weight excluding hydrogens is 254 g/mol. The van der Waals surface area contributed by atoms with Crippen LogP contribution >= 0.6 is 0 Å². The molecule has 1 aliphatic heterocycles. The number of aliphatic hydroxyl groups excluding tert-OH is 1. The molecule has 5 heteroatoms. The fraction of sp³-hybridized carbons (Fsp3) is 0.667. The van der Waals surface area contributed by atoms with Crippen molar-refractivity contribution in [1.82, 2.24) is 14.9 Å².